The van der Waals surface area contributed by atoms with E-state index < -0.39 is 0 Å². The molecular formula is C19H19ClN6O3S. The molecule has 9 nitrogen and oxygen atoms in total. The molecule has 3 rings (SSSR count). The molecule has 0 bridgehead atoms. The Hall–Kier alpha value is -2.92. The normalized spacial score (nSPS) is 10.6. The topological polar surface area (TPSA) is 101 Å². The summed E-state index contributed by atoms with van der Waals surface area (Å²) in [5, 5.41) is 12.0. The van der Waals surface area contributed by atoms with E-state index in [-0.39, 0.29) is 24.2 Å². The Kier molecular flexibility index (Phi) is 7.80. The lowest BCUT2D eigenvalue weighted by Gasteiger charge is -2.23. The number of anilines is 1. The van der Waals surface area contributed by atoms with Crippen LogP contribution in [0.25, 0.3) is 10.6 Å². The van der Waals surface area contributed by atoms with Gasteiger partial charge >= 0.3 is 0 Å². The van der Waals surface area contributed by atoms with Crippen molar-refractivity contribution in [2.24, 2.45) is 0 Å². The minimum Gasteiger partial charge on any atom is -0.276 e. The largest absolute Gasteiger partial charge is 0.276 e. The molecule has 0 unspecified atom stereocenters. The van der Waals surface area contributed by atoms with Crippen molar-refractivity contribution in [2.45, 2.75) is 13.5 Å². The first kappa shape index (κ1) is 21.8. The third-order valence-electron chi connectivity index (χ3n) is 3.97. The third-order valence-corrected chi connectivity index (χ3v) is 5.29. The monoisotopic (exact) mass is 446 g/mol. The summed E-state index contributed by atoms with van der Waals surface area (Å²) in [4.78, 5) is 32.8. The van der Waals surface area contributed by atoms with E-state index in [1.54, 1.807) is 30.6 Å². The van der Waals surface area contributed by atoms with Gasteiger partial charge in [0.2, 0.25) is 17.4 Å². The second-order valence-corrected chi connectivity index (χ2v) is 7.35. The fourth-order valence-electron chi connectivity index (χ4n) is 2.45. The van der Waals surface area contributed by atoms with Crippen molar-refractivity contribution in [3.8, 4) is 10.6 Å². The number of hydrogen-bond acceptors (Lipinski definition) is 8. The number of pyridine rings is 1. The molecule has 0 aliphatic heterocycles. The van der Waals surface area contributed by atoms with Crippen LogP contribution in [0.3, 0.4) is 0 Å². The second kappa shape index (κ2) is 10.7. The maximum Gasteiger partial charge on any atom is 0.240 e. The maximum atomic E-state index is 11.9. The smallest absolute Gasteiger partial charge is 0.240 e. The fraction of sp³-hybridized carbons (Fsp3) is 0.211. The van der Waals surface area contributed by atoms with Crippen LogP contribution in [0.5, 0.6) is 0 Å². The maximum absolute atomic E-state index is 11.9. The Bertz CT molecular complexity index is 987. The average Bonchev–Trinajstić information content (AvgIpc) is 3.25. The average molecular weight is 447 g/mol. The van der Waals surface area contributed by atoms with Gasteiger partial charge in [-0.2, -0.15) is 5.06 Å². The Labute approximate surface area is 182 Å². The Balaban J connectivity index is 1.55. The summed E-state index contributed by atoms with van der Waals surface area (Å²) >= 11 is 7.34. The van der Waals surface area contributed by atoms with Gasteiger partial charge in [0, 0.05) is 36.4 Å². The highest BCUT2D eigenvalue weighted by atomic mass is 35.5. The summed E-state index contributed by atoms with van der Waals surface area (Å²) in [5.41, 5.74) is 4.71. The fourth-order valence-corrected chi connectivity index (χ4v) is 3.43. The lowest BCUT2D eigenvalue weighted by atomic mass is 10.2. The predicted molar refractivity (Wildman–Crippen MR) is 113 cm³/mol. The third kappa shape index (κ3) is 5.80. The summed E-state index contributed by atoms with van der Waals surface area (Å²) in [6.07, 6.45) is 3.80. The summed E-state index contributed by atoms with van der Waals surface area (Å²) < 4.78 is 0. The molecule has 11 heteroatoms. The van der Waals surface area contributed by atoms with Gasteiger partial charge in [-0.15, -0.1) is 10.2 Å². The van der Waals surface area contributed by atoms with Crippen molar-refractivity contribution in [1.82, 2.24) is 25.6 Å². The number of nitrogens with one attached hydrogen (secondary N) is 1. The second-order valence-electron chi connectivity index (χ2n) is 5.99. The number of nitrogens with zero attached hydrogens (tertiary/aromatic N) is 5. The van der Waals surface area contributed by atoms with E-state index in [1.165, 1.54) is 23.3 Å². The van der Waals surface area contributed by atoms with Crippen LogP contribution in [0, 0.1) is 0 Å². The van der Waals surface area contributed by atoms with Crippen molar-refractivity contribution >= 4 is 40.4 Å². The Morgan fingerprint density at radius 1 is 1.23 bits per heavy atom. The van der Waals surface area contributed by atoms with Gasteiger partial charge in [-0.25, -0.2) is 5.43 Å². The molecular weight excluding hydrogens is 428 g/mol. The molecule has 0 saturated carbocycles. The van der Waals surface area contributed by atoms with Crippen molar-refractivity contribution in [1.29, 1.82) is 0 Å². The quantitative estimate of drug-likeness (QED) is 0.377. The Morgan fingerprint density at radius 2 is 2.00 bits per heavy atom. The van der Waals surface area contributed by atoms with Crippen molar-refractivity contribution in [3.63, 3.8) is 0 Å². The SMILES string of the molecule is CC(=O)N(CCON(C=O)c1nnc(-c2ccncc2)s1)NCc1ccccc1Cl. The first-order valence-electron chi connectivity index (χ1n) is 8.95. The van der Waals surface area contributed by atoms with E-state index >= 15 is 0 Å². The van der Waals surface area contributed by atoms with Crippen LogP contribution in [-0.2, 0) is 21.0 Å². The van der Waals surface area contributed by atoms with Gasteiger partial charge in [0.1, 0.15) is 5.01 Å². The number of carbonyl (C=O) groups is 2. The number of hydrazine groups is 1. The Morgan fingerprint density at radius 3 is 2.70 bits per heavy atom. The first-order chi connectivity index (χ1) is 14.6. The molecule has 0 atom stereocenters. The number of aromatic nitrogens is 3. The van der Waals surface area contributed by atoms with Gasteiger partial charge in [-0.1, -0.05) is 41.1 Å². The number of rotatable bonds is 10. The van der Waals surface area contributed by atoms with Gasteiger partial charge in [0.05, 0.1) is 13.2 Å². The lowest BCUT2D eigenvalue weighted by molar-refractivity contribution is -0.133. The van der Waals surface area contributed by atoms with Crippen LogP contribution in [0.1, 0.15) is 12.5 Å². The highest BCUT2D eigenvalue weighted by Crippen LogP contribution is 2.27. The number of benzene rings is 1. The standard InChI is InChI=1S/C19H19ClN6O3S/c1-14(28)25(22-12-16-4-2-3-5-17(16)20)10-11-29-26(13-27)19-24-23-18(30-19)15-6-8-21-9-7-15/h2-9,13,22H,10-12H2,1H3. The summed E-state index contributed by atoms with van der Waals surface area (Å²) in [5.74, 6) is -0.195. The number of halogens is 1. The van der Waals surface area contributed by atoms with Gasteiger partial charge in [0.25, 0.3) is 0 Å². The highest BCUT2D eigenvalue weighted by Gasteiger charge is 2.16. The van der Waals surface area contributed by atoms with Crippen LogP contribution < -0.4 is 10.5 Å². The molecule has 0 fully saturated rings. The van der Waals surface area contributed by atoms with Crippen molar-refractivity contribution in [2.75, 3.05) is 18.2 Å². The van der Waals surface area contributed by atoms with Crippen LogP contribution >= 0.6 is 22.9 Å². The van der Waals surface area contributed by atoms with E-state index in [0.29, 0.717) is 23.0 Å². The summed E-state index contributed by atoms with van der Waals surface area (Å²) in [7, 11) is 0. The minimum atomic E-state index is -0.195. The van der Waals surface area contributed by atoms with Crippen LogP contribution in [-0.4, -0.2) is 45.7 Å². The van der Waals surface area contributed by atoms with Crippen molar-refractivity contribution in [3.05, 3.63) is 59.4 Å². The molecule has 0 saturated heterocycles. The van der Waals surface area contributed by atoms with Gasteiger partial charge in [0.15, 0.2) is 0 Å². The molecule has 2 aromatic heterocycles. The van der Waals surface area contributed by atoms with E-state index in [2.05, 4.69) is 20.6 Å². The molecule has 0 radical (unpaired) electrons. The molecule has 30 heavy (non-hydrogen) atoms. The molecule has 3 aromatic rings. The molecule has 156 valence electrons. The van der Waals surface area contributed by atoms with E-state index in [0.717, 1.165) is 16.2 Å². The zero-order valence-corrected chi connectivity index (χ0v) is 17.6. The minimum absolute atomic E-state index is 0.0675. The first-order valence-corrected chi connectivity index (χ1v) is 10.1. The van der Waals surface area contributed by atoms with Crippen LogP contribution in [0.4, 0.5) is 5.13 Å². The number of amides is 2. The molecule has 0 aliphatic carbocycles. The van der Waals surface area contributed by atoms with Crippen LogP contribution in [0.2, 0.25) is 5.02 Å². The molecule has 2 amide bonds. The zero-order valence-electron chi connectivity index (χ0n) is 16.1. The van der Waals surface area contributed by atoms with E-state index in [9.17, 15) is 9.59 Å². The van der Waals surface area contributed by atoms with E-state index in [1.807, 2.05) is 18.2 Å². The zero-order chi connectivity index (χ0) is 21.3. The molecule has 1 aromatic carbocycles. The van der Waals surface area contributed by atoms with Gasteiger partial charge in [-0.3, -0.25) is 24.4 Å². The van der Waals surface area contributed by atoms with Crippen LogP contribution in [0.15, 0.2) is 48.8 Å². The molecule has 1 N–H and O–H groups in total. The summed E-state index contributed by atoms with van der Waals surface area (Å²) in [6.45, 7) is 2.09. The molecule has 2 heterocycles. The number of hydroxylamine groups is 1. The number of carbonyl (C=O) groups excluding carboxylic acids is 2. The van der Waals surface area contributed by atoms with Crippen molar-refractivity contribution < 1.29 is 14.4 Å². The van der Waals surface area contributed by atoms with E-state index in [4.69, 9.17) is 16.4 Å². The summed E-state index contributed by atoms with van der Waals surface area (Å²) in [6, 6.07) is 11.0. The highest BCUT2D eigenvalue weighted by molar-refractivity contribution is 7.18. The predicted octanol–water partition coefficient (Wildman–Crippen LogP) is 2.70. The molecule has 0 spiro atoms. The van der Waals surface area contributed by atoms with Gasteiger partial charge < -0.3 is 0 Å². The molecule has 0 aliphatic rings. The van der Waals surface area contributed by atoms with Gasteiger partial charge in [-0.05, 0) is 23.8 Å². The lowest BCUT2D eigenvalue weighted by Crippen LogP contribution is -2.44. The number of hydrogen-bond donors (Lipinski definition) is 1.